The molecule has 1 nitrogen and oxygen atoms in total. The molecule has 82 valence electrons. The first-order chi connectivity index (χ1) is 6.61. The van der Waals surface area contributed by atoms with Crippen LogP contribution >= 0.6 is 0 Å². The number of likely N-dealkylation sites (N-methyl/N-ethyl adjacent to an activating group) is 1. The third-order valence-electron chi connectivity index (χ3n) is 2.27. The average Bonchev–Trinajstić information content (AvgIpc) is 2.12. The Bertz CT molecular complexity index is 189. The lowest BCUT2D eigenvalue weighted by atomic mass is 10.0. The molecule has 0 radical (unpaired) electrons. The first-order valence-electron chi connectivity index (χ1n) is 5.63. The van der Waals surface area contributed by atoms with E-state index in [9.17, 15) is 0 Å². The van der Waals surface area contributed by atoms with Gasteiger partial charge in [0.05, 0.1) is 0 Å². The highest BCUT2D eigenvalue weighted by atomic mass is 15.1. The molecular weight excluding hydrogens is 170 g/mol. The maximum atomic E-state index is 2.39. The maximum absolute atomic E-state index is 2.39. The monoisotopic (exact) mass is 195 g/mol. The summed E-state index contributed by atoms with van der Waals surface area (Å²) in [4.78, 5) is 2.24. The van der Waals surface area contributed by atoms with Crippen molar-refractivity contribution in [1.29, 1.82) is 0 Å². The zero-order valence-corrected chi connectivity index (χ0v) is 10.4. The van der Waals surface area contributed by atoms with Crippen molar-refractivity contribution in [1.82, 2.24) is 4.90 Å². The van der Waals surface area contributed by atoms with Gasteiger partial charge in [0.2, 0.25) is 0 Å². The standard InChI is InChI=1S/C13H25N/c1-6-8-9-13(12(3)4)11-14(5)10-7-2/h7,9-10,12H,6,8,11H2,1-5H3/b10-7-,13-9?. The van der Waals surface area contributed by atoms with Crippen molar-refractivity contribution in [2.24, 2.45) is 5.92 Å². The van der Waals surface area contributed by atoms with Crippen LogP contribution in [0.4, 0.5) is 0 Å². The molecule has 0 unspecified atom stereocenters. The van der Waals surface area contributed by atoms with Crippen molar-refractivity contribution in [3.63, 3.8) is 0 Å². The molecule has 0 saturated carbocycles. The Kier molecular flexibility index (Phi) is 7.27. The van der Waals surface area contributed by atoms with Crippen LogP contribution in [0.15, 0.2) is 23.9 Å². The first-order valence-corrected chi connectivity index (χ1v) is 5.63. The van der Waals surface area contributed by atoms with E-state index in [2.05, 4.69) is 58.0 Å². The molecule has 0 atom stereocenters. The maximum Gasteiger partial charge on any atom is 0.0382 e. The van der Waals surface area contributed by atoms with Crippen molar-refractivity contribution in [2.45, 2.75) is 40.5 Å². The van der Waals surface area contributed by atoms with Gasteiger partial charge in [0.15, 0.2) is 0 Å². The fourth-order valence-electron chi connectivity index (χ4n) is 1.41. The number of hydrogen-bond donors (Lipinski definition) is 0. The summed E-state index contributed by atoms with van der Waals surface area (Å²) in [7, 11) is 2.13. The predicted octanol–water partition coefficient (Wildman–Crippen LogP) is 3.83. The van der Waals surface area contributed by atoms with Gasteiger partial charge in [-0.1, -0.05) is 44.9 Å². The first kappa shape index (κ1) is 13.3. The Balaban J connectivity index is 4.22. The smallest absolute Gasteiger partial charge is 0.0382 e. The Morgan fingerprint density at radius 1 is 1.36 bits per heavy atom. The third-order valence-corrected chi connectivity index (χ3v) is 2.27. The van der Waals surface area contributed by atoms with Crippen LogP contribution in [0.25, 0.3) is 0 Å². The molecule has 0 aromatic carbocycles. The summed E-state index contributed by atoms with van der Waals surface area (Å²) in [6, 6.07) is 0. The van der Waals surface area contributed by atoms with E-state index in [-0.39, 0.29) is 0 Å². The summed E-state index contributed by atoms with van der Waals surface area (Å²) >= 11 is 0. The summed E-state index contributed by atoms with van der Waals surface area (Å²) in [6.07, 6.45) is 9.05. The molecule has 0 aromatic rings. The molecule has 0 bridgehead atoms. The van der Waals surface area contributed by atoms with E-state index in [1.165, 1.54) is 12.8 Å². The van der Waals surface area contributed by atoms with E-state index in [0.717, 1.165) is 6.54 Å². The molecule has 1 heteroatoms. The van der Waals surface area contributed by atoms with Gasteiger partial charge >= 0.3 is 0 Å². The molecule has 0 aliphatic carbocycles. The van der Waals surface area contributed by atoms with E-state index >= 15 is 0 Å². The quantitative estimate of drug-likeness (QED) is 0.582. The van der Waals surface area contributed by atoms with Gasteiger partial charge in [-0.15, -0.1) is 0 Å². The van der Waals surface area contributed by atoms with Crippen molar-refractivity contribution < 1.29 is 0 Å². The van der Waals surface area contributed by atoms with Gasteiger partial charge in [-0.2, -0.15) is 0 Å². The highest BCUT2D eigenvalue weighted by molar-refractivity contribution is 5.08. The predicted molar refractivity (Wildman–Crippen MR) is 65.3 cm³/mol. The number of nitrogens with zero attached hydrogens (tertiary/aromatic N) is 1. The Hall–Kier alpha value is -0.720. The zero-order valence-electron chi connectivity index (χ0n) is 10.4. The minimum atomic E-state index is 0.661. The lowest BCUT2D eigenvalue weighted by Gasteiger charge is -2.19. The molecule has 0 rings (SSSR count). The number of unbranched alkanes of at least 4 members (excludes halogenated alkanes) is 1. The van der Waals surface area contributed by atoms with Gasteiger partial charge in [0.25, 0.3) is 0 Å². The summed E-state index contributed by atoms with van der Waals surface area (Å²) < 4.78 is 0. The minimum absolute atomic E-state index is 0.661. The van der Waals surface area contributed by atoms with Gasteiger partial charge in [-0.05, 0) is 25.5 Å². The van der Waals surface area contributed by atoms with E-state index in [0.29, 0.717) is 5.92 Å². The average molecular weight is 195 g/mol. The molecule has 0 saturated heterocycles. The summed E-state index contributed by atoms with van der Waals surface area (Å²) in [6.45, 7) is 9.88. The van der Waals surface area contributed by atoms with E-state index < -0.39 is 0 Å². The molecule has 0 aliphatic rings. The van der Waals surface area contributed by atoms with E-state index in [4.69, 9.17) is 0 Å². The van der Waals surface area contributed by atoms with Crippen LogP contribution in [0.1, 0.15) is 40.5 Å². The van der Waals surface area contributed by atoms with Crippen LogP contribution in [-0.2, 0) is 0 Å². The van der Waals surface area contributed by atoms with Crippen LogP contribution < -0.4 is 0 Å². The normalized spacial score (nSPS) is 12.9. The van der Waals surface area contributed by atoms with Gasteiger partial charge < -0.3 is 4.90 Å². The third kappa shape index (κ3) is 5.85. The number of rotatable bonds is 6. The van der Waals surface area contributed by atoms with Crippen molar-refractivity contribution in [3.8, 4) is 0 Å². The molecule has 0 heterocycles. The molecule has 14 heavy (non-hydrogen) atoms. The minimum Gasteiger partial charge on any atom is -0.377 e. The largest absolute Gasteiger partial charge is 0.377 e. The number of allylic oxidation sites excluding steroid dienone is 2. The summed E-state index contributed by atoms with van der Waals surface area (Å²) in [5.41, 5.74) is 1.55. The van der Waals surface area contributed by atoms with Crippen LogP contribution in [0.2, 0.25) is 0 Å². The molecule has 0 amide bonds. The van der Waals surface area contributed by atoms with Crippen molar-refractivity contribution in [2.75, 3.05) is 13.6 Å². The molecular formula is C13H25N. The van der Waals surface area contributed by atoms with Gasteiger partial charge in [-0.25, -0.2) is 0 Å². The fraction of sp³-hybridized carbons (Fsp3) is 0.692. The second kappa shape index (κ2) is 7.66. The SMILES string of the molecule is C/C=C\N(C)CC(=CCCC)C(C)C. The molecule has 0 spiro atoms. The van der Waals surface area contributed by atoms with Gasteiger partial charge in [0, 0.05) is 13.6 Å². The summed E-state index contributed by atoms with van der Waals surface area (Å²) in [5.74, 6) is 0.661. The topological polar surface area (TPSA) is 3.24 Å². The highest BCUT2D eigenvalue weighted by Crippen LogP contribution is 2.12. The lowest BCUT2D eigenvalue weighted by molar-refractivity contribution is 0.472. The molecule has 0 fully saturated rings. The van der Waals surface area contributed by atoms with Crippen LogP contribution in [0, 0.1) is 5.92 Å². The second-order valence-corrected chi connectivity index (χ2v) is 4.12. The molecule has 0 N–H and O–H groups in total. The van der Waals surface area contributed by atoms with E-state index in [1.807, 2.05) is 0 Å². The number of hydrogen-bond acceptors (Lipinski definition) is 1. The van der Waals surface area contributed by atoms with Crippen molar-refractivity contribution >= 4 is 0 Å². The Morgan fingerprint density at radius 3 is 2.43 bits per heavy atom. The van der Waals surface area contributed by atoms with E-state index in [1.54, 1.807) is 5.57 Å². The van der Waals surface area contributed by atoms with Crippen molar-refractivity contribution in [3.05, 3.63) is 23.9 Å². The van der Waals surface area contributed by atoms with Crippen LogP contribution in [0.3, 0.4) is 0 Å². The highest BCUT2D eigenvalue weighted by Gasteiger charge is 2.03. The molecule has 0 aliphatic heterocycles. The van der Waals surface area contributed by atoms with Gasteiger partial charge in [0.1, 0.15) is 0 Å². The van der Waals surface area contributed by atoms with Crippen LogP contribution in [-0.4, -0.2) is 18.5 Å². The Morgan fingerprint density at radius 2 is 2.00 bits per heavy atom. The lowest BCUT2D eigenvalue weighted by Crippen LogP contribution is -2.17. The summed E-state index contributed by atoms with van der Waals surface area (Å²) in [5, 5.41) is 0. The molecule has 0 aromatic heterocycles. The second-order valence-electron chi connectivity index (χ2n) is 4.12. The van der Waals surface area contributed by atoms with Gasteiger partial charge in [-0.3, -0.25) is 0 Å². The fourth-order valence-corrected chi connectivity index (χ4v) is 1.41. The Labute approximate surface area is 89.5 Å². The van der Waals surface area contributed by atoms with Crippen LogP contribution in [0.5, 0.6) is 0 Å². The zero-order chi connectivity index (χ0) is 11.0.